The zero-order chi connectivity index (χ0) is 13.8. The molecule has 0 radical (unpaired) electrons. The standard InChI is InChI=1S/C12H21N5O2/c1-16-5-3-4-9(7-16)17(2)8-10-6-11(15-19-10)12(18)14-13/h6,9H,3-5,7-8,13H2,1-2H3,(H,14,18). The predicted octanol–water partition coefficient (Wildman–Crippen LogP) is -0.196. The molecule has 1 aliphatic heterocycles. The van der Waals surface area contributed by atoms with Crippen LogP contribution in [-0.4, -0.2) is 54.1 Å². The molecule has 19 heavy (non-hydrogen) atoms. The van der Waals surface area contributed by atoms with Crippen molar-refractivity contribution in [2.24, 2.45) is 5.84 Å². The fourth-order valence-corrected chi connectivity index (χ4v) is 2.44. The van der Waals surface area contributed by atoms with Crippen LogP contribution in [0.15, 0.2) is 10.6 Å². The van der Waals surface area contributed by atoms with Gasteiger partial charge in [-0.05, 0) is 33.5 Å². The van der Waals surface area contributed by atoms with Crippen LogP contribution in [0, 0.1) is 0 Å². The SMILES string of the molecule is CN1CCCC(N(C)Cc2cc(C(=O)NN)no2)C1. The van der Waals surface area contributed by atoms with E-state index < -0.39 is 5.91 Å². The number of piperidine rings is 1. The second-order valence-electron chi connectivity index (χ2n) is 5.13. The molecule has 0 bridgehead atoms. The van der Waals surface area contributed by atoms with Gasteiger partial charge >= 0.3 is 0 Å². The molecule has 1 aliphatic rings. The van der Waals surface area contributed by atoms with Crippen LogP contribution in [0.2, 0.25) is 0 Å². The zero-order valence-electron chi connectivity index (χ0n) is 11.4. The Morgan fingerprint density at radius 1 is 1.74 bits per heavy atom. The molecule has 1 amide bonds. The lowest BCUT2D eigenvalue weighted by molar-refractivity contribution is 0.0944. The quantitative estimate of drug-likeness (QED) is 0.446. The first kappa shape index (κ1) is 14.0. The summed E-state index contributed by atoms with van der Waals surface area (Å²) in [5.41, 5.74) is 2.25. The molecule has 7 heteroatoms. The monoisotopic (exact) mass is 267 g/mol. The lowest BCUT2D eigenvalue weighted by Gasteiger charge is -2.35. The number of nitrogens with one attached hydrogen (secondary N) is 1. The maximum atomic E-state index is 11.3. The smallest absolute Gasteiger partial charge is 0.287 e. The maximum Gasteiger partial charge on any atom is 0.287 e. The Hall–Kier alpha value is -1.44. The van der Waals surface area contributed by atoms with Gasteiger partial charge in [0.15, 0.2) is 11.5 Å². The molecular weight excluding hydrogens is 246 g/mol. The van der Waals surface area contributed by atoms with Crippen LogP contribution in [0.3, 0.4) is 0 Å². The van der Waals surface area contributed by atoms with Gasteiger partial charge in [0, 0.05) is 18.7 Å². The van der Waals surface area contributed by atoms with E-state index in [-0.39, 0.29) is 5.69 Å². The number of likely N-dealkylation sites (N-methyl/N-ethyl adjacent to an activating group) is 2. The van der Waals surface area contributed by atoms with Gasteiger partial charge in [-0.1, -0.05) is 5.16 Å². The Labute approximate surface area is 112 Å². The number of rotatable bonds is 4. The molecular formula is C12H21N5O2. The fourth-order valence-electron chi connectivity index (χ4n) is 2.44. The molecule has 2 heterocycles. The summed E-state index contributed by atoms with van der Waals surface area (Å²) in [6, 6.07) is 2.14. The number of carbonyl (C=O) groups is 1. The second kappa shape index (κ2) is 6.14. The van der Waals surface area contributed by atoms with Gasteiger partial charge < -0.3 is 9.42 Å². The van der Waals surface area contributed by atoms with Gasteiger partial charge in [0.25, 0.3) is 5.91 Å². The lowest BCUT2D eigenvalue weighted by atomic mass is 10.1. The number of nitrogens with two attached hydrogens (primary N) is 1. The minimum Gasteiger partial charge on any atom is -0.359 e. The molecule has 106 valence electrons. The Bertz CT molecular complexity index is 434. The molecule has 1 aromatic rings. The van der Waals surface area contributed by atoms with E-state index in [2.05, 4.69) is 29.1 Å². The highest BCUT2D eigenvalue weighted by Crippen LogP contribution is 2.16. The first-order valence-corrected chi connectivity index (χ1v) is 6.45. The third kappa shape index (κ3) is 3.52. The normalized spacial score (nSPS) is 20.7. The number of likely N-dealkylation sites (tertiary alicyclic amines) is 1. The number of nitrogens with zero attached hydrogens (tertiary/aromatic N) is 3. The highest BCUT2D eigenvalue weighted by atomic mass is 16.5. The van der Waals surface area contributed by atoms with E-state index in [1.807, 2.05) is 5.43 Å². The highest BCUT2D eigenvalue weighted by Gasteiger charge is 2.22. The van der Waals surface area contributed by atoms with E-state index in [4.69, 9.17) is 10.4 Å². The topological polar surface area (TPSA) is 87.6 Å². The molecule has 7 nitrogen and oxygen atoms in total. The summed E-state index contributed by atoms with van der Waals surface area (Å²) in [4.78, 5) is 15.8. The molecule has 2 rings (SSSR count). The van der Waals surface area contributed by atoms with Gasteiger partial charge in [-0.3, -0.25) is 15.1 Å². The Kier molecular flexibility index (Phi) is 4.52. The van der Waals surface area contributed by atoms with E-state index in [9.17, 15) is 4.79 Å². The van der Waals surface area contributed by atoms with Crippen molar-refractivity contribution in [1.29, 1.82) is 0 Å². The van der Waals surface area contributed by atoms with Gasteiger partial charge in [-0.25, -0.2) is 5.84 Å². The van der Waals surface area contributed by atoms with Gasteiger partial charge in [-0.15, -0.1) is 0 Å². The first-order chi connectivity index (χ1) is 9.10. The average Bonchev–Trinajstić information content (AvgIpc) is 2.86. The molecule has 0 aliphatic carbocycles. The van der Waals surface area contributed by atoms with Crippen molar-refractivity contribution >= 4 is 5.91 Å². The number of hydrogen-bond donors (Lipinski definition) is 2. The molecule has 3 N–H and O–H groups in total. The van der Waals surface area contributed by atoms with Crippen molar-refractivity contribution in [2.75, 3.05) is 27.2 Å². The van der Waals surface area contributed by atoms with Crippen LogP contribution in [0.5, 0.6) is 0 Å². The van der Waals surface area contributed by atoms with E-state index in [0.717, 1.165) is 13.1 Å². The summed E-state index contributed by atoms with van der Waals surface area (Å²) in [6.07, 6.45) is 2.40. The van der Waals surface area contributed by atoms with Gasteiger partial charge in [0.2, 0.25) is 0 Å². The van der Waals surface area contributed by atoms with Crippen molar-refractivity contribution in [1.82, 2.24) is 20.4 Å². The lowest BCUT2D eigenvalue weighted by Crippen LogP contribution is -2.44. The summed E-state index contributed by atoms with van der Waals surface area (Å²) in [7, 11) is 4.20. The van der Waals surface area contributed by atoms with Crippen molar-refractivity contribution < 1.29 is 9.32 Å². The number of hydrogen-bond acceptors (Lipinski definition) is 6. The van der Waals surface area contributed by atoms with Crippen LogP contribution in [0.4, 0.5) is 0 Å². The number of hydrazine groups is 1. The zero-order valence-corrected chi connectivity index (χ0v) is 11.4. The van der Waals surface area contributed by atoms with E-state index in [1.54, 1.807) is 6.07 Å². The highest BCUT2D eigenvalue weighted by molar-refractivity contribution is 5.91. The van der Waals surface area contributed by atoms with Gasteiger partial charge in [0.05, 0.1) is 6.54 Å². The predicted molar refractivity (Wildman–Crippen MR) is 70.1 cm³/mol. The van der Waals surface area contributed by atoms with Crippen molar-refractivity contribution in [2.45, 2.75) is 25.4 Å². The van der Waals surface area contributed by atoms with E-state index >= 15 is 0 Å². The van der Waals surface area contributed by atoms with Crippen LogP contribution in [-0.2, 0) is 6.54 Å². The third-order valence-electron chi connectivity index (χ3n) is 3.55. The number of carbonyl (C=O) groups excluding carboxylic acids is 1. The summed E-state index contributed by atoms with van der Waals surface area (Å²) in [5.74, 6) is 5.29. The van der Waals surface area contributed by atoms with Crippen molar-refractivity contribution in [3.63, 3.8) is 0 Å². The summed E-state index contributed by atoms with van der Waals surface area (Å²) in [6.45, 7) is 2.86. The van der Waals surface area contributed by atoms with Crippen LogP contribution < -0.4 is 11.3 Å². The van der Waals surface area contributed by atoms with Crippen LogP contribution >= 0.6 is 0 Å². The molecule has 0 saturated carbocycles. The molecule has 0 spiro atoms. The van der Waals surface area contributed by atoms with Crippen LogP contribution in [0.1, 0.15) is 29.1 Å². The summed E-state index contributed by atoms with van der Waals surface area (Å²) in [5, 5.41) is 3.70. The first-order valence-electron chi connectivity index (χ1n) is 6.45. The van der Waals surface area contributed by atoms with Gasteiger partial charge in [0.1, 0.15) is 0 Å². The summed E-state index contributed by atoms with van der Waals surface area (Å²) >= 11 is 0. The van der Waals surface area contributed by atoms with Crippen molar-refractivity contribution in [3.8, 4) is 0 Å². The summed E-state index contributed by atoms with van der Waals surface area (Å²) < 4.78 is 5.15. The molecule has 1 unspecified atom stereocenters. The number of amides is 1. The van der Waals surface area contributed by atoms with E-state index in [1.165, 1.54) is 12.8 Å². The Balaban J connectivity index is 1.93. The van der Waals surface area contributed by atoms with Crippen molar-refractivity contribution in [3.05, 3.63) is 17.5 Å². The van der Waals surface area contributed by atoms with Crippen LogP contribution in [0.25, 0.3) is 0 Å². The van der Waals surface area contributed by atoms with E-state index in [0.29, 0.717) is 18.3 Å². The average molecular weight is 267 g/mol. The Morgan fingerprint density at radius 3 is 3.21 bits per heavy atom. The number of nitrogen functional groups attached to an aromatic ring is 1. The molecule has 0 aromatic carbocycles. The molecule has 1 aromatic heterocycles. The van der Waals surface area contributed by atoms with Gasteiger partial charge in [-0.2, -0.15) is 0 Å². The fraction of sp³-hybridized carbons (Fsp3) is 0.667. The maximum absolute atomic E-state index is 11.3. The molecule has 1 atom stereocenters. The molecule has 1 saturated heterocycles. The Morgan fingerprint density at radius 2 is 2.53 bits per heavy atom. The largest absolute Gasteiger partial charge is 0.359 e. The molecule has 1 fully saturated rings. The number of aromatic nitrogens is 1. The second-order valence-corrected chi connectivity index (χ2v) is 5.13. The minimum absolute atomic E-state index is 0.215. The third-order valence-corrected chi connectivity index (χ3v) is 3.55. The minimum atomic E-state index is -0.435.